The topological polar surface area (TPSA) is 12.5 Å². The van der Waals surface area contributed by atoms with E-state index in [1.807, 2.05) is 6.07 Å². The number of likely N-dealkylation sites (tertiary alicyclic amines) is 1. The number of ether oxygens (including phenoxy) is 1. The molecule has 18 heavy (non-hydrogen) atoms. The van der Waals surface area contributed by atoms with Gasteiger partial charge in [0.05, 0.1) is 7.11 Å². The summed E-state index contributed by atoms with van der Waals surface area (Å²) < 4.78 is 5.36. The molecule has 1 saturated heterocycles. The van der Waals surface area contributed by atoms with Gasteiger partial charge in [-0.05, 0) is 56.0 Å². The molecule has 0 bridgehead atoms. The molecule has 0 amide bonds. The van der Waals surface area contributed by atoms with Crippen LogP contribution < -0.4 is 4.74 Å². The molecule has 1 aliphatic heterocycles. The molecule has 0 aromatic heterocycles. The number of methoxy groups -OCH3 is 1. The van der Waals surface area contributed by atoms with Gasteiger partial charge >= 0.3 is 0 Å². The largest absolute Gasteiger partial charge is 0.497 e. The normalized spacial score (nSPS) is 22.1. The third kappa shape index (κ3) is 3.05. The van der Waals surface area contributed by atoms with Crippen molar-refractivity contribution in [2.45, 2.75) is 32.1 Å². The highest BCUT2D eigenvalue weighted by molar-refractivity contribution is 5.31. The first-order valence-corrected chi connectivity index (χ1v) is 7.07. The summed E-state index contributed by atoms with van der Waals surface area (Å²) in [5.41, 5.74) is 1.46. The van der Waals surface area contributed by atoms with Gasteiger partial charge in [-0.25, -0.2) is 0 Å². The zero-order valence-corrected chi connectivity index (χ0v) is 11.9. The molecule has 1 aromatic rings. The second-order valence-electron chi connectivity index (χ2n) is 5.48. The molecular weight excluding hydrogens is 222 g/mol. The zero-order valence-electron chi connectivity index (χ0n) is 11.9. The quantitative estimate of drug-likeness (QED) is 0.789. The summed E-state index contributed by atoms with van der Waals surface area (Å²) >= 11 is 0. The first-order chi connectivity index (χ1) is 8.74. The van der Waals surface area contributed by atoms with Crippen LogP contribution in [0.25, 0.3) is 0 Å². The maximum absolute atomic E-state index is 5.36. The molecule has 2 atom stereocenters. The molecule has 1 aliphatic rings. The molecular formula is C16H25NO. The van der Waals surface area contributed by atoms with Gasteiger partial charge in [0.25, 0.3) is 0 Å². The van der Waals surface area contributed by atoms with Crippen LogP contribution in [0.4, 0.5) is 0 Å². The number of benzene rings is 1. The van der Waals surface area contributed by atoms with Crippen molar-refractivity contribution in [1.29, 1.82) is 0 Å². The standard InChI is InChI=1S/C16H25NO/c1-4-6-16(14-9-10-17(2)12-14)13-7-5-8-15(11-13)18-3/h5,7-8,11,14,16H,4,6,9-10,12H2,1-3H3/t14-,16-/m1/s1. The van der Waals surface area contributed by atoms with Crippen molar-refractivity contribution in [3.8, 4) is 5.75 Å². The van der Waals surface area contributed by atoms with E-state index in [-0.39, 0.29) is 0 Å². The Balaban J connectivity index is 2.17. The minimum absolute atomic E-state index is 0.690. The molecule has 2 nitrogen and oxygen atoms in total. The van der Waals surface area contributed by atoms with Gasteiger partial charge in [-0.3, -0.25) is 0 Å². The lowest BCUT2D eigenvalue weighted by Crippen LogP contribution is -2.18. The number of rotatable bonds is 5. The highest BCUT2D eigenvalue weighted by atomic mass is 16.5. The molecule has 0 saturated carbocycles. The fraction of sp³-hybridized carbons (Fsp3) is 0.625. The minimum Gasteiger partial charge on any atom is -0.497 e. The smallest absolute Gasteiger partial charge is 0.119 e. The molecule has 0 spiro atoms. The summed E-state index contributed by atoms with van der Waals surface area (Å²) in [6.07, 6.45) is 3.87. The molecule has 0 N–H and O–H groups in total. The van der Waals surface area contributed by atoms with Crippen LogP contribution >= 0.6 is 0 Å². The van der Waals surface area contributed by atoms with Gasteiger partial charge in [0.2, 0.25) is 0 Å². The molecule has 100 valence electrons. The fourth-order valence-electron chi connectivity index (χ4n) is 3.16. The Labute approximate surface area is 111 Å². The number of hydrogen-bond donors (Lipinski definition) is 0. The highest BCUT2D eigenvalue weighted by Crippen LogP contribution is 2.36. The molecule has 0 aliphatic carbocycles. The van der Waals surface area contributed by atoms with Crippen molar-refractivity contribution >= 4 is 0 Å². The van der Waals surface area contributed by atoms with Crippen molar-refractivity contribution in [2.75, 3.05) is 27.2 Å². The summed E-state index contributed by atoms with van der Waals surface area (Å²) in [6, 6.07) is 8.64. The van der Waals surface area contributed by atoms with Crippen LogP contribution in [0.1, 0.15) is 37.7 Å². The zero-order chi connectivity index (χ0) is 13.0. The van der Waals surface area contributed by atoms with E-state index >= 15 is 0 Å². The lowest BCUT2D eigenvalue weighted by atomic mass is 9.82. The molecule has 1 heterocycles. The van der Waals surface area contributed by atoms with E-state index in [9.17, 15) is 0 Å². The first-order valence-electron chi connectivity index (χ1n) is 7.07. The van der Waals surface area contributed by atoms with Gasteiger partial charge in [0.15, 0.2) is 0 Å². The van der Waals surface area contributed by atoms with Crippen molar-refractivity contribution < 1.29 is 4.74 Å². The van der Waals surface area contributed by atoms with Crippen LogP contribution in [0.3, 0.4) is 0 Å². The maximum atomic E-state index is 5.36. The van der Waals surface area contributed by atoms with Gasteiger partial charge in [0.1, 0.15) is 5.75 Å². The highest BCUT2D eigenvalue weighted by Gasteiger charge is 2.28. The SMILES string of the molecule is CCC[C@H](c1cccc(OC)c1)[C@@H]1CCN(C)C1. The Bertz CT molecular complexity index is 377. The van der Waals surface area contributed by atoms with E-state index in [0.29, 0.717) is 5.92 Å². The van der Waals surface area contributed by atoms with E-state index < -0.39 is 0 Å². The Morgan fingerprint density at radius 2 is 2.28 bits per heavy atom. The van der Waals surface area contributed by atoms with Crippen molar-refractivity contribution in [1.82, 2.24) is 4.90 Å². The third-order valence-electron chi connectivity index (χ3n) is 4.12. The first kappa shape index (κ1) is 13.4. The predicted molar refractivity (Wildman–Crippen MR) is 76.2 cm³/mol. The van der Waals surface area contributed by atoms with E-state index in [2.05, 4.69) is 37.1 Å². The number of hydrogen-bond acceptors (Lipinski definition) is 2. The van der Waals surface area contributed by atoms with E-state index in [4.69, 9.17) is 4.74 Å². The lowest BCUT2D eigenvalue weighted by molar-refractivity contribution is 0.358. The average Bonchev–Trinajstić information content (AvgIpc) is 2.82. The van der Waals surface area contributed by atoms with Crippen molar-refractivity contribution in [2.24, 2.45) is 5.92 Å². The molecule has 0 radical (unpaired) electrons. The monoisotopic (exact) mass is 247 g/mol. The van der Waals surface area contributed by atoms with Crippen LogP contribution in [0.2, 0.25) is 0 Å². The summed E-state index contributed by atoms with van der Waals surface area (Å²) in [6.45, 7) is 4.77. The van der Waals surface area contributed by atoms with Gasteiger partial charge in [-0.1, -0.05) is 25.5 Å². The molecule has 2 heteroatoms. The maximum Gasteiger partial charge on any atom is 0.119 e. The van der Waals surface area contributed by atoms with Crippen molar-refractivity contribution in [3.05, 3.63) is 29.8 Å². The summed E-state index contributed by atoms with van der Waals surface area (Å²) in [5.74, 6) is 2.48. The van der Waals surface area contributed by atoms with Crippen LogP contribution in [0, 0.1) is 5.92 Å². The third-order valence-corrected chi connectivity index (χ3v) is 4.12. The minimum atomic E-state index is 0.690. The number of nitrogens with zero attached hydrogens (tertiary/aromatic N) is 1. The lowest BCUT2D eigenvalue weighted by Gasteiger charge is -2.24. The summed E-state index contributed by atoms with van der Waals surface area (Å²) in [5, 5.41) is 0. The van der Waals surface area contributed by atoms with Crippen LogP contribution in [0.15, 0.2) is 24.3 Å². The Kier molecular flexibility index (Phi) is 4.65. The Morgan fingerprint density at radius 3 is 2.89 bits per heavy atom. The van der Waals surface area contributed by atoms with Crippen LogP contribution in [-0.4, -0.2) is 32.1 Å². The fourth-order valence-corrected chi connectivity index (χ4v) is 3.16. The van der Waals surface area contributed by atoms with Gasteiger partial charge < -0.3 is 9.64 Å². The van der Waals surface area contributed by atoms with E-state index in [1.165, 1.54) is 37.9 Å². The van der Waals surface area contributed by atoms with Crippen molar-refractivity contribution in [3.63, 3.8) is 0 Å². The summed E-state index contributed by atoms with van der Waals surface area (Å²) in [4.78, 5) is 2.45. The van der Waals surface area contributed by atoms with E-state index in [0.717, 1.165) is 11.7 Å². The molecule has 1 aromatic carbocycles. The van der Waals surface area contributed by atoms with Crippen LogP contribution in [0.5, 0.6) is 5.75 Å². The Morgan fingerprint density at radius 1 is 1.44 bits per heavy atom. The van der Waals surface area contributed by atoms with E-state index in [1.54, 1.807) is 7.11 Å². The Hall–Kier alpha value is -1.02. The summed E-state index contributed by atoms with van der Waals surface area (Å²) in [7, 11) is 3.98. The van der Waals surface area contributed by atoms with Crippen LogP contribution in [-0.2, 0) is 0 Å². The molecule has 0 unspecified atom stereocenters. The average molecular weight is 247 g/mol. The second-order valence-corrected chi connectivity index (χ2v) is 5.48. The predicted octanol–water partition coefficient (Wildman–Crippen LogP) is 3.53. The molecule has 2 rings (SSSR count). The second kappa shape index (κ2) is 6.24. The van der Waals surface area contributed by atoms with Gasteiger partial charge in [0, 0.05) is 6.54 Å². The van der Waals surface area contributed by atoms with Gasteiger partial charge in [-0.2, -0.15) is 0 Å². The van der Waals surface area contributed by atoms with Gasteiger partial charge in [-0.15, -0.1) is 0 Å². The molecule has 1 fully saturated rings.